The van der Waals surface area contributed by atoms with Crippen molar-refractivity contribution in [2.45, 2.75) is 6.92 Å². The molecule has 8 heteroatoms. The number of anilines is 1. The zero-order valence-electron chi connectivity index (χ0n) is 13.9. The lowest BCUT2D eigenvalue weighted by Gasteiger charge is -2.10. The molecule has 0 aliphatic heterocycles. The van der Waals surface area contributed by atoms with Crippen LogP contribution in [0.15, 0.2) is 36.4 Å². The molecule has 2 aromatic rings. The molecule has 0 saturated heterocycles. The number of benzene rings is 2. The SMILES string of the molecule is CCOCCOC(=O)c1ccc(NC(=O)c2c(Cl)ccc(Cl)c2Cl)cc1. The molecule has 26 heavy (non-hydrogen) atoms. The van der Waals surface area contributed by atoms with E-state index in [-0.39, 0.29) is 27.2 Å². The number of nitrogens with one attached hydrogen (secondary N) is 1. The van der Waals surface area contributed by atoms with E-state index in [2.05, 4.69) is 5.32 Å². The normalized spacial score (nSPS) is 10.5. The van der Waals surface area contributed by atoms with Crippen molar-refractivity contribution in [2.24, 2.45) is 0 Å². The van der Waals surface area contributed by atoms with E-state index >= 15 is 0 Å². The van der Waals surface area contributed by atoms with Crippen molar-refractivity contribution in [3.63, 3.8) is 0 Å². The van der Waals surface area contributed by atoms with E-state index in [1.807, 2.05) is 6.92 Å². The molecule has 0 unspecified atom stereocenters. The van der Waals surface area contributed by atoms with Crippen LogP contribution in [0.4, 0.5) is 5.69 Å². The van der Waals surface area contributed by atoms with Crippen molar-refractivity contribution in [3.05, 3.63) is 62.6 Å². The maximum atomic E-state index is 12.4. The highest BCUT2D eigenvalue weighted by Crippen LogP contribution is 2.31. The molecule has 1 amide bonds. The number of amides is 1. The molecule has 0 saturated carbocycles. The average Bonchev–Trinajstić information content (AvgIpc) is 2.62. The van der Waals surface area contributed by atoms with Gasteiger partial charge in [0.05, 0.1) is 32.8 Å². The van der Waals surface area contributed by atoms with Crippen LogP contribution >= 0.6 is 34.8 Å². The summed E-state index contributed by atoms with van der Waals surface area (Å²) in [7, 11) is 0. The first-order chi connectivity index (χ1) is 12.4. The van der Waals surface area contributed by atoms with Gasteiger partial charge in [0.2, 0.25) is 0 Å². The quantitative estimate of drug-likeness (QED) is 0.388. The molecule has 0 aliphatic carbocycles. The second-order valence-electron chi connectivity index (χ2n) is 5.08. The third kappa shape index (κ3) is 5.35. The van der Waals surface area contributed by atoms with Gasteiger partial charge in [0, 0.05) is 12.3 Å². The second-order valence-corrected chi connectivity index (χ2v) is 6.27. The van der Waals surface area contributed by atoms with Gasteiger partial charge in [-0.05, 0) is 43.3 Å². The minimum Gasteiger partial charge on any atom is -0.460 e. The molecule has 2 aromatic carbocycles. The first-order valence-corrected chi connectivity index (χ1v) is 8.87. The number of hydrogen-bond donors (Lipinski definition) is 1. The summed E-state index contributed by atoms with van der Waals surface area (Å²) < 4.78 is 10.2. The third-order valence-corrected chi connectivity index (χ3v) is 4.43. The van der Waals surface area contributed by atoms with Gasteiger partial charge >= 0.3 is 5.97 Å². The van der Waals surface area contributed by atoms with Gasteiger partial charge in [-0.25, -0.2) is 4.79 Å². The third-order valence-electron chi connectivity index (χ3n) is 3.31. The fourth-order valence-corrected chi connectivity index (χ4v) is 2.74. The first-order valence-electron chi connectivity index (χ1n) is 7.73. The van der Waals surface area contributed by atoms with Crippen molar-refractivity contribution in [1.82, 2.24) is 0 Å². The number of halogens is 3. The second kappa shape index (κ2) is 9.78. The maximum absolute atomic E-state index is 12.4. The van der Waals surface area contributed by atoms with E-state index in [1.165, 1.54) is 12.1 Å². The monoisotopic (exact) mass is 415 g/mol. The lowest BCUT2D eigenvalue weighted by atomic mass is 10.1. The van der Waals surface area contributed by atoms with Gasteiger partial charge < -0.3 is 14.8 Å². The van der Waals surface area contributed by atoms with Crippen molar-refractivity contribution >= 4 is 52.4 Å². The lowest BCUT2D eigenvalue weighted by molar-refractivity contribution is 0.0335. The van der Waals surface area contributed by atoms with E-state index in [0.717, 1.165) is 0 Å². The molecule has 0 aliphatic rings. The number of esters is 1. The molecular weight excluding hydrogens is 401 g/mol. The van der Waals surface area contributed by atoms with E-state index in [9.17, 15) is 9.59 Å². The summed E-state index contributed by atoms with van der Waals surface area (Å²) in [6, 6.07) is 9.23. The molecule has 0 heterocycles. The maximum Gasteiger partial charge on any atom is 0.338 e. The van der Waals surface area contributed by atoms with Gasteiger partial charge in [0.15, 0.2) is 0 Å². The molecule has 5 nitrogen and oxygen atoms in total. The van der Waals surface area contributed by atoms with Gasteiger partial charge in [-0.2, -0.15) is 0 Å². The Morgan fingerprint density at radius 2 is 1.62 bits per heavy atom. The van der Waals surface area contributed by atoms with Crippen LogP contribution in [-0.4, -0.2) is 31.7 Å². The highest BCUT2D eigenvalue weighted by molar-refractivity contribution is 6.46. The molecular formula is C18H16Cl3NO4. The lowest BCUT2D eigenvalue weighted by Crippen LogP contribution is -2.14. The summed E-state index contributed by atoms with van der Waals surface area (Å²) in [5.41, 5.74) is 0.909. The first kappa shape index (κ1) is 20.5. The largest absolute Gasteiger partial charge is 0.460 e. The number of carbonyl (C=O) groups excluding carboxylic acids is 2. The van der Waals surface area contributed by atoms with Crippen LogP contribution in [0.25, 0.3) is 0 Å². The Labute approximate surface area is 166 Å². The Morgan fingerprint density at radius 3 is 2.27 bits per heavy atom. The molecule has 0 fully saturated rings. The summed E-state index contributed by atoms with van der Waals surface area (Å²) in [5.74, 6) is -0.974. The van der Waals surface area contributed by atoms with Crippen LogP contribution in [0.5, 0.6) is 0 Å². The molecule has 0 bridgehead atoms. The topological polar surface area (TPSA) is 64.6 Å². The van der Waals surface area contributed by atoms with Crippen LogP contribution in [0.3, 0.4) is 0 Å². The van der Waals surface area contributed by atoms with Crippen LogP contribution in [0, 0.1) is 0 Å². The summed E-state index contributed by atoms with van der Waals surface area (Å²) >= 11 is 18.0. The van der Waals surface area contributed by atoms with Crippen LogP contribution in [0.1, 0.15) is 27.6 Å². The van der Waals surface area contributed by atoms with Crippen LogP contribution in [0.2, 0.25) is 15.1 Å². The van der Waals surface area contributed by atoms with E-state index in [4.69, 9.17) is 44.3 Å². The van der Waals surface area contributed by atoms with Crippen molar-refractivity contribution in [2.75, 3.05) is 25.1 Å². The predicted octanol–water partition coefficient (Wildman–Crippen LogP) is 5.09. The van der Waals surface area contributed by atoms with Crippen molar-refractivity contribution in [1.29, 1.82) is 0 Å². The standard InChI is InChI=1S/C18H16Cl3NO4/c1-2-25-9-10-26-18(24)11-3-5-12(6-4-11)22-17(23)15-13(19)7-8-14(20)16(15)21/h3-8H,2,9-10H2,1H3,(H,22,23). The smallest absolute Gasteiger partial charge is 0.338 e. The fourth-order valence-electron chi connectivity index (χ4n) is 2.04. The Bertz CT molecular complexity index is 794. The zero-order chi connectivity index (χ0) is 19.1. The van der Waals surface area contributed by atoms with Gasteiger partial charge in [0.1, 0.15) is 6.61 Å². The van der Waals surface area contributed by atoms with E-state index in [1.54, 1.807) is 24.3 Å². The predicted molar refractivity (Wildman–Crippen MR) is 103 cm³/mol. The Hall–Kier alpha value is -1.79. The summed E-state index contributed by atoms with van der Waals surface area (Å²) in [5, 5.41) is 3.14. The van der Waals surface area contributed by atoms with Gasteiger partial charge in [0.25, 0.3) is 5.91 Å². The zero-order valence-corrected chi connectivity index (χ0v) is 16.1. The molecule has 2 rings (SSSR count). The summed E-state index contributed by atoms with van der Waals surface area (Å²) in [6.45, 7) is 2.94. The molecule has 1 N–H and O–H groups in total. The van der Waals surface area contributed by atoms with E-state index < -0.39 is 11.9 Å². The Balaban J connectivity index is 2.02. The van der Waals surface area contributed by atoms with Gasteiger partial charge in [-0.3, -0.25) is 4.79 Å². The molecule has 0 aromatic heterocycles. The fraction of sp³-hybridized carbons (Fsp3) is 0.222. The summed E-state index contributed by atoms with van der Waals surface area (Å²) in [6.07, 6.45) is 0. The Morgan fingerprint density at radius 1 is 0.962 bits per heavy atom. The average molecular weight is 417 g/mol. The van der Waals surface area contributed by atoms with Crippen molar-refractivity contribution < 1.29 is 19.1 Å². The van der Waals surface area contributed by atoms with E-state index in [0.29, 0.717) is 24.5 Å². The molecule has 0 radical (unpaired) electrons. The Kier molecular flexibility index (Phi) is 7.72. The number of carbonyl (C=O) groups is 2. The highest BCUT2D eigenvalue weighted by atomic mass is 35.5. The molecule has 0 spiro atoms. The highest BCUT2D eigenvalue weighted by Gasteiger charge is 2.17. The van der Waals surface area contributed by atoms with Crippen molar-refractivity contribution in [3.8, 4) is 0 Å². The minimum atomic E-state index is -0.505. The number of hydrogen-bond acceptors (Lipinski definition) is 4. The number of rotatable bonds is 7. The minimum absolute atomic E-state index is 0.0752. The molecule has 0 atom stereocenters. The molecule has 138 valence electrons. The van der Waals surface area contributed by atoms with Crippen LogP contribution in [-0.2, 0) is 9.47 Å². The van der Waals surface area contributed by atoms with Crippen LogP contribution < -0.4 is 5.32 Å². The van der Waals surface area contributed by atoms with Gasteiger partial charge in [-0.15, -0.1) is 0 Å². The van der Waals surface area contributed by atoms with Gasteiger partial charge in [-0.1, -0.05) is 34.8 Å². The summed E-state index contributed by atoms with van der Waals surface area (Å²) in [4.78, 5) is 24.3. The number of ether oxygens (including phenoxy) is 2.